The van der Waals surface area contributed by atoms with Gasteiger partial charge in [-0.15, -0.1) is 0 Å². The van der Waals surface area contributed by atoms with Crippen molar-refractivity contribution < 1.29 is 34.2 Å². The molecular weight excluding hydrogens is 470 g/mol. The summed E-state index contributed by atoms with van der Waals surface area (Å²) in [7, 11) is 0. The molecule has 1 aromatic rings. The monoisotopic (exact) mass is 505 g/mol. The van der Waals surface area contributed by atoms with Crippen LogP contribution in [0.5, 0.6) is 0 Å². The molecule has 4 unspecified atom stereocenters. The SMILES string of the molecule is NCCCCC(NC(=O)C(Cc1ccccc1)NC(=O)C1CCCN1C(=O)C(N)CC(=O)O)C(=O)O. The van der Waals surface area contributed by atoms with Crippen LogP contribution in [0, 0.1) is 0 Å². The highest BCUT2D eigenvalue weighted by molar-refractivity contribution is 5.95. The Morgan fingerprint density at radius 2 is 1.72 bits per heavy atom. The molecule has 36 heavy (non-hydrogen) atoms. The van der Waals surface area contributed by atoms with Gasteiger partial charge in [-0.1, -0.05) is 30.3 Å². The van der Waals surface area contributed by atoms with Crippen LogP contribution in [0.1, 0.15) is 44.1 Å². The van der Waals surface area contributed by atoms with Crippen molar-refractivity contribution in [2.75, 3.05) is 13.1 Å². The molecule has 1 aromatic carbocycles. The molecule has 0 radical (unpaired) electrons. The lowest BCUT2D eigenvalue weighted by Gasteiger charge is -2.28. The van der Waals surface area contributed by atoms with Gasteiger partial charge in [0.2, 0.25) is 17.7 Å². The van der Waals surface area contributed by atoms with Crippen molar-refractivity contribution >= 4 is 29.7 Å². The van der Waals surface area contributed by atoms with E-state index in [-0.39, 0.29) is 19.4 Å². The Bertz CT molecular complexity index is 927. The maximum Gasteiger partial charge on any atom is 0.326 e. The van der Waals surface area contributed by atoms with Gasteiger partial charge in [0.25, 0.3) is 0 Å². The minimum absolute atomic E-state index is 0.104. The molecule has 1 aliphatic heterocycles. The Labute approximate surface area is 209 Å². The number of hydrogen-bond donors (Lipinski definition) is 6. The molecule has 0 bridgehead atoms. The smallest absolute Gasteiger partial charge is 0.326 e. The number of nitrogens with zero attached hydrogens (tertiary/aromatic N) is 1. The van der Waals surface area contributed by atoms with E-state index >= 15 is 0 Å². The van der Waals surface area contributed by atoms with Gasteiger partial charge in [0, 0.05) is 13.0 Å². The molecule has 2 rings (SSSR count). The Morgan fingerprint density at radius 3 is 2.33 bits per heavy atom. The van der Waals surface area contributed by atoms with Crippen LogP contribution in [0.15, 0.2) is 30.3 Å². The van der Waals surface area contributed by atoms with Crippen LogP contribution in [0.4, 0.5) is 0 Å². The van der Waals surface area contributed by atoms with Crippen molar-refractivity contribution in [3.63, 3.8) is 0 Å². The van der Waals surface area contributed by atoms with Gasteiger partial charge in [-0.3, -0.25) is 19.2 Å². The second kappa shape index (κ2) is 14.1. The van der Waals surface area contributed by atoms with E-state index in [1.54, 1.807) is 30.3 Å². The second-order valence-electron chi connectivity index (χ2n) is 8.83. The van der Waals surface area contributed by atoms with E-state index in [0.717, 1.165) is 5.56 Å². The van der Waals surface area contributed by atoms with E-state index in [1.807, 2.05) is 0 Å². The molecule has 0 spiro atoms. The predicted octanol–water partition coefficient (Wildman–Crippen LogP) is -0.795. The molecule has 0 aliphatic carbocycles. The van der Waals surface area contributed by atoms with E-state index in [4.69, 9.17) is 16.6 Å². The van der Waals surface area contributed by atoms with E-state index < -0.39 is 60.2 Å². The first kappa shape index (κ1) is 28.7. The lowest BCUT2D eigenvalue weighted by molar-refractivity contribution is -0.144. The number of unbranched alkanes of at least 4 members (excludes halogenated alkanes) is 1. The zero-order chi connectivity index (χ0) is 26.7. The number of aliphatic carboxylic acids is 2. The summed E-state index contributed by atoms with van der Waals surface area (Å²) in [6.07, 6.45) is 1.70. The predicted molar refractivity (Wildman–Crippen MR) is 130 cm³/mol. The van der Waals surface area contributed by atoms with Crippen LogP contribution in [-0.2, 0) is 30.4 Å². The quantitative estimate of drug-likeness (QED) is 0.175. The van der Waals surface area contributed by atoms with Crippen molar-refractivity contribution in [2.45, 2.75) is 69.1 Å². The summed E-state index contributed by atoms with van der Waals surface area (Å²) in [6, 6.07) is 4.47. The Hall–Kier alpha value is -3.51. The van der Waals surface area contributed by atoms with Crippen molar-refractivity contribution in [2.24, 2.45) is 11.5 Å². The number of likely N-dealkylation sites (tertiary alicyclic amines) is 1. The minimum atomic E-state index is -1.29. The van der Waals surface area contributed by atoms with Crippen molar-refractivity contribution in [1.82, 2.24) is 15.5 Å². The summed E-state index contributed by atoms with van der Waals surface area (Å²) in [5, 5.41) is 23.6. The molecule has 198 valence electrons. The number of nitrogens with two attached hydrogens (primary N) is 2. The molecule has 12 heteroatoms. The lowest BCUT2D eigenvalue weighted by atomic mass is 10.0. The summed E-state index contributed by atoms with van der Waals surface area (Å²) >= 11 is 0. The van der Waals surface area contributed by atoms with Gasteiger partial charge in [-0.05, 0) is 44.2 Å². The third-order valence-electron chi connectivity index (χ3n) is 6.03. The fraction of sp³-hybridized carbons (Fsp3) is 0.542. The highest BCUT2D eigenvalue weighted by atomic mass is 16.4. The molecule has 12 nitrogen and oxygen atoms in total. The van der Waals surface area contributed by atoms with Crippen LogP contribution >= 0.6 is 0 Å². The van der Waals surface area contributed by atoms with E-state index in [9.17, 15) is 29.1 Å². The highest BCUT2D eigenvalue weighted by Gasteiger charge is 2.38. The maximum absolute atomic E-state index is 13.2. The Balaban J connectivity index is 2.16. The number of hydrogen-bond acceptors (Lipinski definition) is 7. The van der Waals surface area contributed by atoms with Crippen LogP contribution < -0.4 is 22.1 Å². The summed E-state index contributed by atoms with van der Waals surface area (Å²) in [5.74, 6) is -4.31. The van der Waals surface area contributed by atoms with Gasteiger partial charge in [-0.2, -0.15) is 0 Å². The topological polar surface area (TPSA) is 205 Å². The van der Waals surface area contributed by atoms with Crippen molar-refractivity contribution in [3.8, 4) is 0 Å². The zero-order valence-corrected chi connectivity index (χ0v) is 20.1. The van der Waals surface area contributed by atoms with Gasteiger partial charge in [0.1, 0.15) is 18.1 Å². The number of nitrogens with one attached hydrogen (secondary N) is 2. The molecule has 4 atom stereocenters. The summed E-state index contributed by atoms with van der Waals surface area (Å²) in [5.41, 5.74) is 11.9. The second-order valence-corrected chi connectivity index (χ2v) is 8.83. The molecule has 1 heterocycles. The summed E-state index contributed by atoms with van der Waals surface area (Å²) in [6.45, 7) is 0.641. The largest absolute Gasteiger partial charge is 0.481 e. The molecular formula is C24H35N5O7. The maximum atomic E-state index is 13.2. The Morgan fingerprint density at radius 1 is 1.03 bits per heavy atom. The molecule has 1 saturated heterocycles. The highest BCUT2D eigenvalue weighted by Crippen LogP contribution is 2.19. The van der Waals surface area contributed by atoms with E-state index in [2.05, 4.69) is 10.6 Å². The van der Waals surface area contributed by atoms with Gasteiger partial charge < -0.3 is 37.2 Å². The van der Waals surface area contributed by atoms with Gasteiger partial charge in [0.05, 0.1) is 12.5 Å². The van der Waals surface area contributed by atoms with E-state index in [1.165, 1.54) is 4.90 Å². The van der Waals surface area contributed by atoms with Gasteiger partial charge in [-0.25, -0.2) is 4.79 Å². The first-order valence-corrected chi connectivity index (χ1v) is 12.0. The number of benzene rings is 1. The first-order chi connectivity index (χ1) is 17.1. The van der Waals surface area contributed by atoms with Crippen LogP contribution in [-0.4, -0.2) is 82.0 Å². The van der Waals surface area contributed by atoms with Gasteiger partial charge >= 0.3 is 11.9 Å². The lowest BCUT2D eigenvalue weighted by Crippen LogP contribution is -2.57. The molecule has 0 saturated carbocycles. The number of carbonyl (C=O) groups excluding carboxylic acids is 3. The molecule has 3 amide bonds. The fourth-order valence-electron chi connectivity index (χ4n) is 4.14. The number of carbonyl (C=O) groups is 5. The number of carboxylic acids is 2. The molecule has 8 N–H and O–H groups in total. The standard InChI is InChI=1S/C24H35N5O7/c25-11-5-4-9-17(24(35)36)27-21(32)18(13-15-7-2-1-3-8-15)28-22(33)19-10-6-12-29(19)23(34)16(26)14-20(30)31/h1-3,7-8,16-19H,4-6,9-14,25-26H2,(H,27,32)(H,28,33)(H,30,31)(H,35,36). The first-order valence-electron chi connectivity index (χ1n) is 12.0. The van der Waals surface area contributed by atoms with Crippen LogP contribution in [0.3, 0.4) is 0 Å². The van der Waals surface area contributed by atoms with Crippen LogP contribution in [0.25, 0.3) is 0 Å². The molecule has 1 fully saturated rings. The Kier molecular flexibility index (Phi) is 11.3. The summed E-state index contributed by atoms with van der Waals surface area (Å²) in [4.78, 5) is 62.8. The molecule has 1 aliphatic rings. The van der Waals surface area contributed by atoms with Crippen LogP contribution in [0.2, 0.25) is 0 Å². The number of amides is 3. The average Bonchev–Trinajstić information content (AvgIpc) is 3.32. The minimum Gasteiger partial charge on any atom is -0.481 e. The third-order valence-corrected chi connectivity index (χ3v) is 6.03. The normalized spacial score (nSPS) is 17.6. The number of carboxylic acid groups (broad SMARTS) is 2. The average molecular weight is 506 g/mol. The van der Waals surface area contributed by atoms with Crippen molar-refractivity contribution in [1.29, 1.82) is 0 Å². The van der Waals surface area contributed by atoms with E-state index in [0.29, 0.717) is 32.2 Å². The fourth-order valence-corrected chi connectivity index (χ4v) is 4.14. The number of rotatable bonds is 14. The summed E-state index contributed by atoms with van der Waals surface area (Å²) < 4.78 is 0. The van der Waals surface area contributed by atoms with Gasteiger partial charge in [0.15, 0.2) is 0 Å². The molecule has 0 aromatic heterocycles. The third kappa shape index (κ3) is 8.61. The zero-order valence-electron chi connectivity index (χ0n) is 20.1. The van der Waals surface area contributed by atoms with Crippen molar-refractivity contribution in [3.05, 3.63) is 35.9 Å².